The first-order chi connectivity index (χ1) is 7.74. The molecule has 1 rings (SSSR count). The topological polar surface area (TPSA) is 74.2 Å². The molecule has 2 N–H and O–H groups in total. The van der Waals surface area contributed by atoms with Gasteiger partial charge in [0.05, 0.1) is 5.54 Å². The van der Waals surface area contributed by atoms with E-state index in [4.69, 9.17) is 10.3 Å². The highest BCUT2D eigenvalue weighted by atomic mass is 19.4. The predicted molar refractivity (Wildman–Crippen MR) is 51.8 cm³/mol. The van der Waals surface area contributed by atoms with E-state index >= 15 is 0 Å². The van der Waals surface area contributed by atoms with Gasteiger partial charge in [-0.1, -0.05) is 12.1 Å². The van der Waals surface area contributed by atoms with Crippen molar-refractivity contribution in [2.45, 2.75) is 38.6 Å². The number of halogens is 3. The summed E-state index contributed by atoms with van der Waals surface area (Å²) in [7, 11) is 0. The van der Waals surface area contributed by atoms with Crippen molar-refractivity contribution in [3.8, 4) is 0 Å². The fourth-order valence-electron chi connectivity index (χ4n) is 0.958. The van der Waals surface area contributed by atoms with Crippen molar-refractivity contribution in [1.82, 2.24) is 10.1 Å². The number of nitrogens with zero attached hydrogens (tertiary/aromatic N) is 2. The first kappa shape index (κ1) is 13.9. The van der Waals surface area contributed by atoms with E-state index in [0.717, 1.165) is 0 Å². The predicted octanol–water partition coefficient (Wildman–Crippen LogP) is 1.73. The summed E-state index contributed by atoms with van der Waals surface area (Å²) >= 11 is 0. The van der Waals surface area contributed by atoms with Gasteiger partial charge in [-0.25, -0.2) is 0 Å². The van der Waals surface area contributed by atoms with Gasteiger partial charge in [0, 0.05) is 0 Å². The van der Waals surface area contributed by atoms with E-state index in [1.165, 1.54) is 0 Å². The number of rotatable bonds is 5. The minimum Gasteiger partial charge on any atom is -0.362 e. The van der Waals surface area contributed by atoms with Gasteiger partial charge in [-0.15, -0.1) is 0 Å². The van der Waals surface area contributed by atoms with Crippen LogP contribution in [0.2, 0.25) is 0 Å². The zero-order chi connectivity index (χ0) is 13.1. The van der Waals surface area contributed by atoms with Crippen LogP contribution in [0.25, 0.3) is 0 Å². The average molecular weight is 253 g/mol. The zero-order valence-corrected chi connectivity index (χ0v) is 9.54. The second kappa shape index (κ2) is 5.01. The molecule has 17 heavy (non-hydrogen) atoms. The summed E-state index contributed by atoms with van der Waals surface area (Å²) in [6, 6.07) is 0. The van der Waals surface area contributed by atoms with Gasteiger partial charge in [-0.05, 0) is 13.3 Å². The highest BCUT2D eigenvalue weighted by Crippen LogP contribution is 2.19. The van der Waals surface area contributed by atoms with Crippen molar-refractivity contribution in [3.05, 3.63) is 11.7 Å². The Morgan fingerprint density at radius 2 is 2.06 bits per heavy atom. The highest BCUT2D eigenvalue weighted by molar-refractivity contribution is 5.00. The van der Waals surface area contributed by atoms with Gasteiger partial charge in [0.2, 0.25) is 0 Å². The molecule has 0 spiro atoms. The van der Waals surface area contributed by atoms with Gasteiger partial charge in [0.15, 0.2) is 5.82 Å². The largest absolute Gasteiger partial charge is 0.411 e. The average Bonchev–Trinajstić information content (AvgIpc) is 2.65. The lowest BCUT2D eigenvalue weighted by Crippen LogP contribution is -2.33. The minimum absolute atomic E-state index is 0.0191. The smallest absolute Gasteiger partial charge is 0.362 e. The third-order valence-electron chi connectivity index (χ3n) is 2.20. The molecule has 8 heteroatoms. The Morgan fingerprint density at radius 3 is 2.59 bits per heavy atom. The molecule has 0 aromatic carbocycles. The summed E-state index contributed by atoms with van der Waals surface area (Å²) < 4.78 is 44.5. The van der Waals surface area contributed by atoms with E-state index in [1.807, 2.05) is 6.92 Å². The molecule has 0 aliphatic rings. The molecular formula is C9H14F3N3O2. The van der Waals surface area contributed by atoms with Gasteiger partial charge in [0.1, 0.15) is 13.2 Å². The van der Waals surface area contributed by atoms with Crippen molar-refractivity contribution >= 4 is 0 Å². The second-order valence-electron chi connectivity index (χ2n) is 3.89. The maximum Gasteiger partial charge on any atom is 0.411 e. The Balaban J connectivity index is 2.52. The molecule has 5 nitrogen and oxygen atoms in total. The monoisotopic (exact) mass is 253 g/mol. The Morgan fingerprint density at radius 1 is 1.41 bits per heavy atom. The van der Waals surface area contributed by atoms with Gasteiger partial charge in [0.25, 0.3) is 5.89 Å². The van der Waals surface area contributed by atoms with Gasteiger partial charge in [-0.3, -0.25) is 0 Å². The lowest BCUT2D eigenvalue weighted by atomic mass is 10.0. The molecule has 0 saturated carbocycles. The second-order valence-corrected chi connectivity index (χ2v) is 3.89. The maximum atomic E-state index is 11.8. The van der Waals surface area contributed by atoms with E-state index in [9.17, 15) is 13.2 Å². The van der Waals surface area contributed by atoms with Crippen molar-refractivity contribution in [1.29, 1.82) is 0 Å². The van der Waals surface area contributed by atoms with Gasteiger partial charge < -0.3 is 15.0 Å². The van der Waals surface area contributed by atoms with Crippen molar-refractivity contribution in [2.24, 2.45) is 5.73 Å². The summed E-state index contributed by atoms with van der Waals surface area (Å²) in [4.78, 5) is 3.88. The van der Waals surface area contributed by atoms with Crippen LogP contribution in [0, 0.1) is 0 Å². The number of aromatic nitrogens is 2. The van der Waals surface area contributed by atoms with Crippen molar-refractivity contribution in [2.75, 3.05) is 6.61 Å². The standard InChI is InChI=1S/C9H14F3N3O2/c1-3-8(2,13)7-14-6(17-15-7)4-16-5-9(10,11)12/h3-5,13H2,1-2H3. The zero-order valence-electron chi connectivity index (χ0n) is 9.54. The number of hydrogen-bond acceptors (Lipinski definition) is 5. The number of alkyl halides is 3. The highest BCUT2D eigenvalue weighted by Gasteiger charge is 2.28. The quantitative estimate of drug-likeness (QED) is 0.865. The summed E-state index contributed by atoms with van der Waals surface area (Å²) in [6.45, 7) is 1.82. The summed E-state index contributed by atoms with van der Waals surface area (Å²) in [6.07, 6.45) is -3.79. The molecule has 1 heterocycles. The van der Waals surface area contributed by atoms with Crippen LogP contribution in [0.5, 0.6) is 0 Å². The van der Waals surface area contributed by atoms with Gasteiger partial charge >= 0.3 is 6.18 Å². The van der Waals surface area contributed by atoms with Crippen LogP contribution in [0.15, 0.2) is 4.52 Å². The molecule has 1 unspecified atom stereocenters. The van der Waals surface area contributed by atoms with Crippen molar-refractivity contribution < 1.29 is 22.4 Å². The lowest BCUT2D eigenvalue weighted by molar-refractivity contribution is -0.178. The summed E-state index contributed by atoms with van der Waals surface area (Å²) in [5.41, 5.74) is 5.08. The first-order valence-corrected chi connectivity index (χ1v) is 5.01. The van der Waals surface area contributed by atoms with Crippen LogP contribution in [-0.2, 0) is 16.9 Å². The first-order valence-electron chi connectivity index (χ1n) is 5.01. The number of ether oxygens (including phenoxy) is 1. The molecule has 0 bridgehead atoms. The van der Waals surface area contributed by atoms with Crippen LogP contribution < -0.4 is 5.73 Å². The molecular weight excluding hydrogens is 239 g/mol. The van der Waals surface area contributed by atoms with E-state index in [-0.39, 0.29) is 18.3 Å². The Labute approximate surface area is 96.1 Å². The Kier molecular flexibility index (Phi) is 4.10. The molecule has 0 aliphatic heterocycles. The molecule has 98 valence electrons. The third kappa shape index (κ3) is 4.31. The fourth-order valence-corrected chi connectivity index (χ4v) is 0.958. The molecule has 1 atom stereocenters. The minimum atomic E-state index is -4.37. The SMILES string of the molecule is CCC(C)(N)c1noc(COCC(F)(F)F)n1. The summed E-state index contributed by atoms with van der Waals surface area (Å²) in [5.74, 6) is 0.236. The van der Waals surface area contributed by atoms with Crippen LogP contribution >= 0.6 is 0 Å². The third-order valence-corrected chi connectivity index (χ3v) is 2.20. The van der Waals surface area contributed by atoms with E-state index < -0.39 is 18.3 Å². The van der Waals surface area contributed by atoms with E-state index in [1.54, 1.807) is 6.92 Å². The van der Waals surface area contributed by atoms with E-state index in [0.29, 0.717) is 6.42 Å². The van der Waals surface area contributed by atoms with Crippen LogP contribution in [-0.4, -0.2) is 22.9 Å². The maximum absolute atomic E-state index is 11.8. The molecule has 0 amide bonds. The van der Waals surface area contributed by atoms with Crippen LogP contribution in [0.1, 0.15) is 32.0 Å². The Bertz CT molecular complexity index is 363. The molecule has 0 radical (unpaired) electrons. The van der Waals surface area contributed by atoms with Crippen LogP contribution in [0.4, 0.5) is 13.2 Å². The molecule has 0 saturated heterocycles. The fraction of sp³-hybridized carbons (Fsp3) is 0.778. The van der Waals surface area contributed by atoms with Crippen LogP contribution in [0.3, 0.4) is 0 Å². The number of nitrogens with two attached hydrogens (primary N) is 1. The van der Waals surface area contributed by atoms with Gasteiger partial charge in [-0.2, -0.15) is 18.2 Å². The number of hydrogen-bond donors (Lipinski definition) is 1. The van der Waals surface area contributed by atoms with E-state index in [2.05, 4.69) is 14.9 Å². The summed E-state index contributed by atoms with van der Waals surface area (Å²) in [5, 5.41) is 3.60. The molecule has 1 aromatic heterocycles. The molecule has 1 aromatic rings. The van der Waals surface area contributed by atoms with Crippen molar-refractivity contribution in [3.63, 3.8) is 0 Å². The normalized spacial score (nSPS) is 15.9. The molecule has 0 aliphatic carbocycles. The lowest BCUT2D eigenvalue weighted by Gasteiger charge is -2.16. The Hall–Kier alpha value is -1.15. The molecule has 0 fully saturated rings.